The number of aliphatic hydroxyl groups is 1. The van der Waals surface area contributed by atoms with E-state index in [0.717, 1.165) is 45.2 Å². The lowest BCUT2D eigenvalue weighted by molar-refractivity contribution is 0.0603. The lowest BCUT2D eigenvalue weighted by Gasteiger charge is -2.33. The Labute approximate surface area is 111 Å². The molecule has 4 nitrogen and oxygen atoms in total. The first kappa shape index (κ1) is 14.3. The number of hydrogen-bond acceptors (Lipinski definition) is 4. The fraction of sp³-hybridized carbons (Fsp3) is 1.00. The van der Waals surface area contributed by atoms with Gasteiger partial charge in [-0.3, -0.25) is 4.90 Å². The molecular weight excluding hydrogens is 226 g/mol. The van der Waals surface area contributed by atoms with Crippen LogP contribution in [0.5, 0.6) is 0 Å². The van der Waals surface area contributed by atoms with Gasteiger partial charge in [0.2, 0.25) is 0 Å². The number of nitrogens with one attached hydrogen (secondary N) is 1. The molecular formula is C14H29N3O. The predicted octanol–water partition coefficient (Wildman–Crippen LogP) is 0.375. The van der Waals surface area contributed by atoms with Crippen LogP contribution in [0.2, 0.25) is 0 Å². The van der Waals surface area contributed by atoms with Crippen LogP contribution in [-0.4, -0.2) is 73.4 Å². The highest BCUT2D eigenvalue weighted by Crippen LogP contribution is 2.15. The summed E-state index contributed by atoms with van der Waals surface area (Å²) in [5.74, 6) is 0.799. The van der Waals surface area contributed by atoms with Gasteiger partial charge in [0.05, 0.1) is 6.10 Å². The minimum Gasteiger partial charge on any atom is -0.390 e. The van der Waals surface area contributed by atoms with Crippen LogP contribution >= 0.6 is 0 Å². The number of nitrogens with zero attached hydrogens (tertiary/aromatic N) is 2. The van der Waals surface area contributed by atoms with Crippen molar-refractivity contribution in [1.29, 1.82) is 0 Å². The number of β-amino-alcohol motifs (C(OH)–C–C–N with tert-alkyl or cyclic N) is 1. The predicted molar refractivity (Wildman–Crippen MR) is 74.8 cm³/mol. The van der Waals surface area contributed by atoms with Crippen molar-refractivity contribution in [3.8, 4) is 0 Å². The maximum absolute atomic E-state index is 10.2. The molecule has 0 amide bonds. The Morgan fingerprint density at radius 3 is 2.72 bits per heavy atom. The van der Waals surface area contributed by atoms with E-state index in [4.69, 9.17) is 0 Å². The molecule has 2 fully saturated rings. The Morgan fingerprint density at radius 2 is 1.89 bits per heavy atom. The van der Waals surface area contributed by atoms with Crippen molar-refractivity contribution in [2.24, 2.45) is 5.92 Å². The molecule has 2 aliphatic rings. The highest BCUT2D eigenvalue weighted by molar-refractivity contribution is 4.76. The van der Waals surface area contributed by atoms with Crippen molar-refractivity contribution in [3.05, 3.63) is 0 Å². The van der Waals surface area contributed by atoms with Crippen molar-refractivity contribution >= 4 is 0 Å². The van der Waals surface area contributed by atoms with E-state index in [9.17, 15) is 5.11 Å². The van der Waals surface area contributed by atoms with E-state index < -0.39 is 0 Å². The largest absolute Gasteiger partial charge is 0.390 e. The average Bonchev–Trinajstić information content (AvgIpc) is 2.57. The highest BCUT2D eigenvalue weighted by Gasteiger charge is 2.20. The van der Waals surface area contributed by atoms with E-state index in [1.807, 2.05) is 0 Å². The first-order valence-electron chi connectivity index (χ1n) is 7.57. The van der Waals surface area contributed by atoms with Crippen LogP contribution in [0.3, 0.4) is 0 Å². The van der Waals surface area contributed by atoms with Crippen molar-refractivity contribution in [2.75, 3.05) is 52.4 Å². The Kier molecular flexibility index (Phi) is 5.89. The van der Waals surface area contributed by atoms with Crippen LogP contribution in [0.1, 0.15) is 26.2 Å². The van der Waals surface area contributed by atoms with Gasteiger partial charge in [0.1, 0.15) is 0 Å². The zero-order chi connectivity index (χ0) is 12.8. The van der Waals surface area contributed by atoms with Gasteiger partial charge in [0.15, 0.2) is 0 Å². The second kappa shape index (κ2) is 7.43. The molecule has 0 bridgehead atoms. The fourth-order valence-corrected chi connectivity index (χ4v) is 3.19. The summed E-state index contributed by atoms with van der Waals surface area (Å²) < 4.78 is 0. The SMILES string of the molecule is C[C@H]1CCCN(C[C@@H](O)CN2CCCNCC2)C1. The number of rotatable bonds is 4. The number of piperidine rings is 1. The van der Waals surface area contributed by atoms with E-state index >= 15 is 0 Å². The highest BCUT2D eigenvalue weighted by atomic mass is 16.3. The second-order valence-electron chi connectivity index (χ2n) is 6.06. The average molecular weight is 255 g/mol. The van der Waals surface area contributed by atoms with Gasteiger partial charge in [-0.1, -0.05) is 6.92 Å². The molecule has 0 aromatic rings. The maximum atomic E-state index is 10.2. The molecule has 0 saturated carbocycles. The summed E-state index contributed by atoms with van der Waals surface area (Å²) in [7, 11) is 0. The van der Waals surface area contributed by atoms with Crippen LogP contribution in [0, 0.1) is 5.92 Å². The molecule has 0 radical (unpaired) electrons. The van der Waals surface area contributed by atoms with Crippen LogP contribution in [0.15, 0.2) is 0 Å². The summed E-state index contributed by atoms with van der Waals surface area (Å²) >= 11 is 0. The number of aliphatic hydroxyl groups excluding tert-OH is 1. The first-order chi connectivity index (χ1) is 8.74. The minimum absolute atomic E-state index is 0.187. The van der Waals surface area contributed by atoms with Gasteiger partial charge in [-0.2, -0.15) is 0 Å². The van der Waals surface area contributed by atoms with Crippen LogP contribution in [0.25, 0.3) is 0 Å². The van der Waals surface area contributed by atoms with Crippen LogP contribution in [-0.2, 0) is 0 Å². The minimum atomic E-state index is -0.187. The lowest BCUT2D eigenvalue weighted by Crippen LogP contribution is -2.44. The van der Waals surface area contributed by atoms with Crippen molar-refractivity contribution < 1.29 is 5.11 Å². The molecule has 18 heavy (non-hydrogen) atoms. The van der Waals surface area contributed by atoms with Gasteiger partial charge >= 0.3 is 0 Å². The van der Waals surface area contributed by atoms with Gasteiger partial charge in [-0.15, -0.1) is 0 Å². The first-order valence-corrected chi connectivity index (χ1v) is 7.57. The van der Waals surface area contributed by atoms with E-state index in [2.05, 4.69) is 22.0 Å². The topological polar surface area (TPSA) is 38.7 Å². The van der Waals surface area contributed by atoms with Gasteiger partial charge in [0, 0.05) is 32.7 Å². The van der Waals surface area contributed by atoms with E-state index in [1.54, 1.807) is 0 Å². The molecule has 0 spiro atoms. The molecule has 0 unspecified atom stereocenters. The van der Waals surface area contributed by atoms with E-state index in [0.29, 0.717) is 0 Å². The number of hydrogen-bond donors (Lipinski definition) is 2. The molecule has 2 aliphatic heterocycles. The van der Waals surface area contributed by atoms with Gasteiger partial charge in [-0.05, 0) is 44.8 Å². The molecule has 106 valence electrons. The molecule has 2 rings (SSSR count). The van der Waals surface area contributed by atoms with Crippen molar-refractivity contribution in [3.63, 3.8) is 0 Å². The summed E-state index contributed by atoms with van der Waals surface area (Å²) in [6.45, 7) is 10.7. The zero-order valence-electron chi connectivity index (χ0n) is 11.8. The Balaban J connectivity index is 1.68. The van der Waals surface area contributed by atoms with E-state index in [-0.39, 0.29) is 6.10 Å². The van der Waals surface area contributed by atoms with Gasteiger partial charge in [0.25, 0.3) is 0 Å². The number of likely N-dealkylation sites (tertiary alicyclic amines) is 1. The maximum Gasteiger partial charge on any atom is 0.0793 e. The monoisotopic (exact) mass is 255 g/mol. The molecule has 0 aromatic heterocycles. The normalized spacial score (nSPS) is 30.0. The van der Waals surface area contributed by atoms with Crippen molar-refractivity contribution in [1.82, 2.24) is 15.1 Å². The molecule has 0 aliphatic carbocycles. The molecule has 4 heteroatoms. The van der Waals surface area contributed by atoms with Crippen LogP contribution in [0.4, 0.5) is 0 Å². The Morgan fingerprint density at radius 1 is 1.11 bits per heavy atom. The molecule has 2 N–H and O–H groups in total. The van der Waals surface area contributed by atoms with Crippen LogP contribution < -0.4 is 5.32 Å². The Hall–Kier alpha value is -0.160. The third-order valence-corrected chi connectivity index (χ3v) is 4.11. The van der Waals surface area contributed by atoms with Gasteiger partial charge in [-0.25, -0.2) is 0 Å². The fourth-order valence-electron chi connectivity index (χ4n) is 3.19. The van der Waals surface area contributed by atoms with E-state index in [1.165, 1.54) is 32.4 Å². The summed E-state index contributed by atoms with van der Waals surface area (Å²) in [6.07, 6.45) is 3.66. The standard InChI is InChI=1S/C14H29N3O/c1-13-4-2-7-17(10-13)12-14(18)11-16-8-3-5-15-6-9-16/h13-15,18H,2-12H2,1H3/t13-,14-/m0/s1. The third kappa shape index (κ3) is 4.84. The second-order valence-corrected chi connectivity index (χ2v) is 6.06. The molecule has 2 saturated heterocycles. The molecule has 2 heterocycles. The van der Waals surface area contributed by atoms with Crippen molar-refractivity contribution in [2.45, 2.75) is 32.3 Å². The molecule has 0 aromatic carbocycles. The Bertz CT molecular complexity index is 225. The molecule has 2 atom stereocenters. The zero-order valence-corrected chi connectivity index (χ0v) is 11.8. The summed E-state index contributed by atoms with van der Waals surface area (Å²) in [4.78, 5) is 4.84. The summed E-state index contributed by atoms with van der Waals surface area (Å²) in [6, 6.07) is 0. The summed E-state index contributed by atoms with van der Waals surface area (Å²) in [5.41, 5.74) is 0. The lowest BCUT2D eigenvalue weighted by atomic mass is 10.00. The van der Waals surface area contributed by atoms with Gasteiger partial charge < -0.3 is 15.3 Å². The summed E-state index contributed by atoms with van der Waals surface area (Å²) in [5, 5.41) is 13.6. The third-order valence-electron chi connectivity index (χ3n) is 4.11. The smallest absolute Gasteiger partial charge is 0.0793 e. The quantitative estimate of drug-likeness (QED) is 0.761.